The minimum absolute atomic E-state index is 0.121. The minimum Gasteiger partial charge on any atom is -0.354 e. The number of anilines is 2. The molecule has 0 saturated carbocycles. The lowest BCUT2D eigenvalue weighted by molar-refractivity contribution is -0.138. The summed E-state index contributed by atoms with van der Waals surface area (Å²) in [5.74, 6) is 0.0732. The molecule has 0 fully saturated rings. The van der Waals surface area contributed by atoms with Crippen LogP contribution in [0.1, 0.15) is 13.8 Å². The molecule has 0 spiro atoms. The molecule has 2 aromatic rings. The Kier molecular flexibility index (Phi) is 5.19. The van der Waals surface area contributed by atoms with Crippen molar-refractivity contribution < 1.29 is 13.2 Å². The molecule has 1 atom stereocenters. The van der Waals surface area contributed by atoms with Crippen LogP contribution < -0.4 is 10.6 Å². The molecule has 10 heteroatoms. The third-order valence-corrected chi connectivity index (χ3v) is 2.96. The summed E-state index contributed by atoms with van der Waals surface area (Å²) in [4.78, 5) is 16.1. The lowest BCUT2D eigenvalue weighted by atomic mass is 10.3. The van der Waals surface area contributed by atoms with Gasteiger partial charge in [0.25, 0.3) is 0 Å². The standard InChI is InChI=1S/C13H14ClF3N6/c1-3-18-11-21-10(8-5-4-6-9(14)20-8)22-12(23-11)19-7(2)13(15,16)17/h4-7H,3H2,1-2H3,(H2,18,19,21,22,23). The lowest BCUT2D eigenvalue weighted by Gasteiger charge is -2.17. The van der Waals surface area contributed by atoms with Gasteiger partial charge in [0, 0.05) is 6.54 Å². The van der Waals surface area contributed by atoms with Gasteiger partial charge in [-0.1, -0.05) is 17.7 Å². The van der Waals surface area contributed by atoms with Crippen LogP contribution in [0.2, 0.25) is 5.15 Å². The summed E-state index contributed by atoms with van der Waals surface area (Å²) in [5, 5.41) is 5.29. The summed E-state index contributed by atoms with van der Waals surface area (Å²) in [6.45, 7) is 3.29. The Morgan fingerprint density at radius 2 is 1.83 bits per heavy atom. The van der Waals surface area contributed by atoms with Crippen molar-refractivity contribution in [3.8, 4) is 11.5 Å². The Hall–Kier alpha value is -2.16. The molecule has 0 saturated heterocycles. The maximum absolute atomic E-state index is 12.7. The van der Waals surface area contributed by atoms with Gasteiger partial charge in [0.2, 0.25) is 11.9 Å². The summed E-state index contributed by atoms with van der Waals surface area (Å²) in [7, 11) is 0. The van der Waals surface area contributed by atoms with Gasteiger partial charge in [-0.2, -0.15) is 28.1 Å². The number of pyridine rings is 1. The number of rotatable bonds is 5. The molecule has 2 N–H and O–H groups in total. The summed E-state index contributed by atoms with van der Waals surface area (Å²) in [6.07, 6.45) is -4.42. The number of hydrogen-bond acceptors (Lipinski definition) is 6. The first-order valence-corrected chi connectivity index (χ1v) is 7.13. The van der Waals surface area contributed by atoms with Gasteiger partial charge in [0.1, 0.15) is 16.9 Å². The quantitative estimate of drug-likeness (QED) is 0.808. The van der Waals surface area contributed by atoms with E-state index in [9.17, 15) is 13.2 Å². The molecule has 0 amide bonds. The molecule has 1 unspecified atom stereocenters. The SMILES string of the molecule is CCNc1nc(NC(C)C(F)(F)F)nc(-c2cccc(Cl)n2)n1. The van der Waals surface area contributed by atoms with Gasteiger partial charge in [0.05, 0.1) is 0 Å². The highest BCUT2D eigenvalue weighted by Gasteiger charge is 2.36. The molecule has 0 bridgehead atoms. The molecule has 0 aliphatic heterocycles. The van der Waals surface area contributed by atoms with Crippen molar-refractivity contribution in [2.24, 2.45) is 0 Å². The predicted octanol–water partition coefficient (Wildman–Crippen LogP) is 3.38. The predicted molar refractivity (Wildman–Crippen MR) is 81.4 cm³/mol. The average Bonchev–Trinajstić information content (AvgIpc) is 2.46. The van der Waals surface area contributed by atoms with Crippen LogP contribution in [-0.4, -0.2) is 38.7 Å². The molecule has 0 aliphatic rings. The number of halogens is 4. The highest BCUT2D eigenvalue weighted by molar-refractivity contribution is 6.29. The van der Waals surface area contributed by atoms with E-state index in [1.807, 2.05) is 6.92 Å². The first-order chi connectivity index (χ1) is 10.8. The van der Waals surface area contributed by atoms with E-state index in [2.05, 4.69) is 30.6 Å². The van der Waals surface area contributed by atoms with Gasteiger partial charge in [0.15, 0.2) is 5.82 Å². The molecule has 2 heterocycles. The topological polar surface area (TPSA) is 75.6 Å². The van der Waals surface area contributed by atoms with Crippen molar-refractivity contribution in [3.05, 3.63) is 23.4 Å². The highest BCUT2D eigenvalue weighted by Crippen LogP contribution is 2.23. The average molecular weight is 347 g/mol. The molecular weight excluding hydrogens is 333 g/mol. The van der Waals surface area contributed by atoms with E-state index < -0.39 is 12.2 Å². The zero-order valence-corrected chi connectivity index (χ0v) is 13.1. The smallest absolute Gasteiger partial charge is 0.354 e. The van der Waals surface area contributed by atoms with E-state index in [0.717, 1.165) is 6.92 Å². The Labute approximate surface area is 135 Å². The van der Waals surface area contributed by atoms with E-state index in [-0.39, 0.29) is 22.9 Å². The maximum Gasteiger partial charge on any atom is 0.408 e. The van der Waals surface area contributed by atoms with Gasteiger partial charge >= 0.3 is 6.18 Å². The largest absolute Gasteiger partial charge is 0.408 e. The molecule has 0 aliphatic carbocycles. The molecule has 0 radical (unpaired) electrons. The summed E-state index contributed by atoms with van der Waals surface area (Å²) in [6, 6.07) is 3.02. The van der Waals surface area contributed by atoms with E-state index in [1.165, 1.54) is 0 Å². The minimum atomic E-state index is -4.42. The number of alkyl halides is 3. The van der Waals surface area contributed by atoms with Crippen LogP contribution in [0.4, 0.5) is 25.1 Å². The van der Waals surface area contributed by atoms with Crippen LogP contribution in [0.25, 0.3) is 11.5 Å². The summed E-state index contributed by atoms with van der Waals surface area (Å²) in [5.41, 5.74) is 0.335. The molecule has 0 aromatic carbocycles. The second-order valence-electron chi connectivity index (χ2n) is 4.59. The van der Waals surface area contributed by atoms with E-state index in [1.54, 1.807) is 18.2 Å². The molecule has 2 aromatic heterocycles. The van der Waals surface area contributed by atoms with Crippen molar-refractivity contribution >= 4 is 23.5 Å². The van der Waals surface area contributed by atoms with Crippen LogP contribution in [0.15, 0.2) is 18.2 Å². The Balaban J connectivity index is 2.39. The monoisotopic (exact) mass is 346 g/mol. The molecule has 124 valence electrons. The molecular formula is C13H14ClF3N6. The fraction of sp³-hybridized carbons (Fsp3) is 0.385. The first kappa shape index (κ1) is 17.2. The second-order valence-corrected chi connectivity index (χ2v) is 4.98. The van der Waals surface area contributed by atoms with E-state index >= 15 is 0 Å². The zero-order valence-electron chi connectivity index (χ0n) is 12.3. The summed E-state index contributed by atoms with van der Waals surface area (Å²) < 4.78 is 38.0. The second kappa shape index (κ2) is 6.95. The fourth-order valence-corrected chi connectivity index (χ4v) is 1.76. The van der Waals surface area contributed by atoms with Crippen LogP contribution in [0, 0.1) is 0 Å². The number of nitrogens with zero attached hydrogens (tertiary/aromatic N) is 4. The molecule has 23 heavy (non-hydrogen) atoms. The van der Waals surface area contributed by atoms with Crippen molar-refractivity contribution in [3.63, 3.8) is 0 Å². The Morgan fingerprint density at radius 3 is 2.43 bits per heavy atom. The normalized spacial score (nSPS) is 12.8. The number of nitrogens with one attached hydrogen (secondary N) is 2. The Morgan fingerprint density at radius 1 is 1.13 bits per heavy atom. The van der Waals surface area contributed by atoms with Crippen LogP contribution in [0.3, 0.4) is 0 Å². The Bertz CT molecular complexity index is 679. The van der Waals surface area contributed by atoms with Crippen molar-refractivity contribution in [1.82, 2.24) is 19.9 Å². The van der Waals surface area contributed by atoms with Gasteiger partial charge in [-0.15, -0.1) is 0 Å². The van der Waals surface area contributed by atoms with Gasteiger partial charge in [-0.25, -0.2) is 4.98 Å². The third kappa shape index (κ3) is 4.65. The van der Waals surface area contributed by atoms with E-state index in [4.69, 9.17) is 11.6 Å². The van der Waals surface area contributed by atoms with Crippen LogP contribution >= 0.6 is 11.6 Å². The maximum atomic E-state index is 12.7. The third-order valence-electron chi connectivity index (χ3n) is 2.75. The zero-order chi connectivity index (χ0) is 17.0. The van der Waals surface area contributed by atoms with Crippen molar-refractivity contribution in [2.45, 2.75) is 26.1 Å². The van der Waals surface area contributed by atoms with Crippen LogP contribution in [-0.2, 0) is 0 Å². The fourth-order valence-electron chi connectivity index (χ4n) is 1.60. The van der Waals surface area contributed by atoms with Gasteiger partial charge in [-0.3, -0.25) is 0 Å². The van der Waals surface area contributed by atoms with E-state index in [0.29, 0.717) is 12.2 Å². The summed E-state index contributed by atoms with van der Waals surface area (Å²) >= 11 is 5.82. The van der Waals surface area contributed by atoms with Gasteiger partial charge < -0.3 is 10.6 Å². The highest BCUT2D eigenvalue weighted by atomic mass is 35.5. The molecule has 6 nitrogen and oxygen atoms in total. The number of aromatic nitrogens is 4. The van der Waals surface area contributed by atoms with Crippen molar-refractivity contribution in [1.29, 1.82) is 0 Å². The van der Waals surface area contributed by atoms with Crippen molar-refractivity contribution in [2.75, 3.05) is 17.2 Å². The van der Waals surface area contributed by atoms with Gasteiger partial charge in [-0.05, 0) is 26.0 Å². The lowest BCUT2D eigenvalue weighted by Crippen LogP contribution is -2.34. The van der Waals surface area contributed by atoms with Crippen LogP contribution in [0.5, 0.6) is 0 Å². The first-order valence-electron chi connectivity index (χ1n) is 6.75. The molecule has 2 rings (SSSR count). The number of hydrogen-bond donors (Lipinski definition) is 2.